The number of amides is 1. The van der Waals surface area contributed by atoms with Gasteiger partial charge in [0.2, 0.25) is 5.76 Å². The lowest BCUT2D eigenvalue weighted by Crippen LogP contribution is -2.38. The molecule has 0 saturated carbocycles. The van der Waals surface area contributed by atoms with E-state index in [-0.39, 0.29) is 28.3 Å². The van der Waals surface area contributed by atoms with Crippen LogP contribution in [0.1, 0.15) is 46.6 Å². The zero-order valence-electron chi connectivity index (χ0n) is 19.6. The minimum atomic E-state index is -0.743. The molecule has 3 heterocycles. The number of hydrogen-bond donors (Lipinski definition) is 0. The fourth-order valence-electron chi connectivity index (χ4n) is 4.96. The monoisotopic (exact) mass is 477 g/mol. The Hall–Kier alpha value is -3.56. The van der Waals surface area contributed by atoms with Crippen molar-refractivity contribution in [1.82, 2.24) is 9.80 Å². The topological polar surface area (TPSA) is 106 Å². The molecule has 1 aromatic heterocycles. The van der Waals surface area contributed by atoms with Gasteiger partial charge in [0.05, 0.1) is 35.1 Å². The van der Waals surface area contributed by atoms with Crippen LogP contribution in [0, 0.1) is 10.1 Å². The van der Waals surface area contributed by atoms with Gasteiger partial charge in [-0.3, -0.25) is 24.6 Å². The number of non-ortho nitro benzene ring substituents is 1. The molecule has 9 heteroatoms. The van der Waals surface area contributed by atoms with Crippen LogP contribution in [0.4, 0.5) is 5.69 Å². The third-order valence-corrected chi connectivity index (χ3v) is 6.81. The highest BCUT2D eigenvalue weighted by Gasteiger charge is 2.42. The van der Waals surface area contributed by atoms with Crippen molar-refractivity contribution in [3.05, 3.63) is 85.3 Å². The van der Waals surface area contributed by atoms with Crippen molar-refractivity contribution in [3.63, 3.8) is 0 Å². The molecule has 5 rings (SSSR count). The molecule has 1 amide bonds. The van der Waals surface area contributed by atoms with E-state index in [0.29, 0.717) is 42.7 Å². The third kappa shape index (κ3) is 4.33. The number of hydrogen-bond acceptors (Lipinski definition) is 7. The van der Waals surface area contributed by atoms with Crippen LogP contribution in [0.5, 0.6) is 0 Å². The van der Waals surface area contributed by atoms with Gasteiger partial charge in [-0.15, -0.1) is 0 Å². The molecule has 2 aliphatic heterocycles. The summed E-state index contributed by atoms with van der Waals surface area (Å²) < 4.78 is 11.4. The summed E-state index contributed by atoms with van der Waals surface area (Å²) in [6, 6.07) is 10.8. The molecule has 1 atom stereocenters. The molecule has 0 N–H and O–H groups in total. The number of rotatable bonds is 7. The number of ether oxygens (including phenoxy) is 1. The van der Waals surface area contributed by atoms with Crippen LogP contribution in [-0.2, 0) is 11.2 Å². The second-order valence-electron chi connectivity index (χ2n) is 8.92. The van der Waals surface area contributed by atoms with E-state index < -0.39 is 11.0 Å². The molecular weight excluding hydrogens is 450 g/mol. The van der Waals surface area contributed by atoms with Gasteiger partial charge in [-0.25, -0.2) is 0 Å². The van der Waals surface area contributed by atoms with E-state index in [2.05, 4.69) is 4.90 Å². The van der Waals surface area contributed by atoms with Crippen LogP contribution in [0.2, 0.25) is 0 Å². The van der Waals surface area contributed by atoms with Gasteiger partial charge < -0.3 is 14.1 Å². The fourth-order valence-corrected chi connectivity index (χ4v) is 4.96. The lowest BCUT2D eigenvalue weighted by atomic mass is 9.97. The van der Waals surface area contributed by atoms with Gasteiger partial charge in [0.25, 0.3) is 11.6 Å². The van der Waals surface area contributed by atoms with E-state index in [4.69, 9.17) is 9.15 Å². The lowest BCUT2D eigenvalue weighted by molar-refractivity contribution is -0.384. The number of nitro benzene ring substituents is 1. The summed E-state index contributed by atoms with van der Waals surface area (Å²) in [6.45, 7) is 6.24. The molecule has 1 fully saturated rings. The number of nitrogens with zero attached hydrogens (tertiary/aromatic N) is 3. The van der Waals surface area contributed by atoms with Gasteiger partial charge in [0.1, 0.15) is 5.58 Å². The first kappa shape index (κ1) is 23.2. The summed E-state index contributed by atoms with van der Waals surface area (Å²) in [7, 11) is 0. The van der Waals surface area contributed by atoms with Gasteiger partial charge in [-0.1, -0.05) is 25.1 Å². The van der Waals surface area contributed by atoms with Gasteiger partial charge in [0.15, 0.2) is 5.43 Å². The number of carbonyl (C=O) groups is 1. The second kappa shape index (κ2) is 9.59. The van der Waals surface area contributed by atoms with E-state index in [9.17, 15) is 19.7 Å². The van der Waals surface area contributed by atoms with Crippen LogP contribution in [-0.4, -0.2) is 60.0 Å². The Labute approximate surface area is 202 Å². The maximum Gasteiger partial charge on any atom is 0.290 e. The molecule has 1 saturated heterocycles. The normalized spacial score (nSPS) is 18.3. The number of nitro groups is 1. The summed E-state index contributed by atoms with van der Waals surface area (Å²) in [4.78, 5) is 42.1. The first-order valence-electron chi connectivity index (χ1n) is 11.9. The van der Waals surface area contributed by atoms with Crippen LogP contribution in [0.15, 0.2) is 51.7 Å². The molecule has 3 aromatic rings. The zero-order chi connectivity index (χ0) is 24.5. The van der Waals surface area contributed by atoms with Crippen molar-refractivity contribution in [3.8, 4) is 0 Å². The van der Waals surface area contributed by atoms with Crippen LogP contribution in [0.3, 0.4) is 0 Å². The Kier molecular flexibility index (Phi) is 6.36. The standard InChI is InChI=1S/C26H27N3O6/c1-2-17-7-8-21-20(15-17)24(30)22-23(18-5-3-6-19(16-18)29(32)33)28(26(31)25(22)35-21)10-4-9-27-11-13-34-14-12-27/h3,5-8,15-16,23H,2,4,9-14H2,1H3. The van der Waals surface area contributed by atoms with Crippen molar-refractivity contribution in [2.45, 2.75) is 25.8 Å². The number of fused-ring (bicyclic) bond motifs is 2. The van der Waals surface area contributed by atoms with E-state index in [1.54, 1.807) is 29.2 Å². The van der Waals surface area contributed by atoms with Gasteiger partial charge in [0, 0.05) is 38.3 Å². The second-order valence-corrected chi connectivity index (χ2v) is 8.92. The zero-order valence-corrected chi connectivity index (χ0v) is 19.6. The Morgan fingerprint density at radius 3 is 2.63 bits per heavy atom. The van der Waals surface area contributed by atoms with Crippen LogP contribution >= 0.6 is 0 Å². The summed E-state index contributed by atoms with van der Waals surface area (Å²) >= 11 is 0. The molecule has 9 nitrogen and oxygen atoms in total. The number of aryl methyl sites for hydroxylation is 1. The Balaban J connectivity index is 1.57. The SMILES string of the molecule is CCc1ccc2oc3c(c(=O)c2c1)C(c1cccc([N+](=O)[O-])c1)N(CCCN1CCOCC1)C3=O. The lowest BCUT2D eigenvalue weighted by Gasteiger charge is -2.29. The van der Waals surface area contributed by atoms with E-state index in [1.807, 2.05) is 13.0 Å². The predicted molar refractivity (Wildman–Crippen MR) is 130 cm³/mol. The molecule has 182 valence electrons. The fraction of sp³-hybridized carbons (Fsp3) is 0.385. The van der Waals surface area contributed by atoms with E-state index in [0.717, 1.165) is 31.6 Å². The molecule has 0 aliphatic carbocycles. The minimum absolute atomic E-state index is 0.0228. The highest BCUT2D eigenvalue weighted by atomic mass is 16.6. The first-order valence-corrected chi connectivity index (χ1v) is 11.9. The molecule has 2 aromatic carbocycles. The maximum atomic E-state index is 13.7. The molecule has 2 aliphatic rings. The highest BCUT2D eigenvalue weighted by Crippen LogP contribution is 2.39. The minimum Gasteiger partial charge on any atom is -0.450 e. The first-order chi connectivity index (χ1) is 17.0. The Morgan fingerprint density at radius 1 is 1.09 bits per heavy atom. The average molecular weight is 478 g/mol. The molecule has 1 unspecified atom stereocenters. The van der Waals surface area contributed by atoms with Crippen molar-refractivity contribution in [2.24, 2.45) is 0 Å². The van der Waals surface area contributed by atoms with Crippen molar-refractivity contribution >= 4 is 22.6 Å². The van der Waals surface area contributed by atoms with E-state index >= 15 is 0 Å². The van der Waals surface area contributed by atoms with Gasteiger partial charge >= 0.3 is 0 Å². The van der Waals surface area contributed by atoms with Crippen LogP contribution in [0.25, 0.3) is 11.0 Å². The summed E-state index contributed by atoms with van der Waals surface area (Å²) in [6.07, 6.45) is 1.45. The third-order valence-electron chi connectivity index (χ3n) is 6.81. The predicted octanol–water partition coefficient (Wildman–Crippen LogP) is 3.53. The van der Waals surface area contributed by atoms with Gasteiger partial charge in [-0.2, -0.15) is 0 Å². The molecule has 0 radical (unpaired) electrons. The Bertz CT molecular complexity index is 1340. The Morgan fingerprint density at radius 2 is 1.89 bits per heavy atom. The van der Waals surface area contributed by atoms with Crippen molar-refractivity contribution < 1.29 is 18.9 Å². The average Bonchev–Trinajstić information content (AvgIpc) is 3.16. The molecule has 0 spiro atoms. The highest BCUT2D eigenvalue weighted by molar-refractivity contribution is 5.99. The van der Waals surface area contributed by atoms with Crippen molar-refractivity contribution in [2.75, 3.05) is 39.4 Å². The molecular formula is C26H27N3O6. The smallest absolute Gasteiger partial charge is 0.290 e. The number of benzene rings is 2. The number of carbonyl (C=O) groups excluding carboxylic acids is 1. The molecule has 0 bridgehead atoms. The van der Waals surface area contributed by atoms with Crippen LogP contribution < -0.4 is 5.43 Å². The number of morpholine rings is 1. The summed E-state index contributed by atoms with van der Waals surface area (Å²) in [5.74, 6) is -0.341. The van der Waals surface area contributed by atoms with Crippen molar-refractivity contribution in [1.29, 1.82) is 0 Å². The molecule has 35 heavy (non-hydrogen) atoms. The largest absolute Gasteiger partial charge is 0.450 e. The maximum absolute atomic E-state index is 13.7. The van der Waals surface area contributed by atoms with E-state index in [1.165, 1.54) is 12.1 Å². The quantitative estimate of drug-likeness (QED) is 0.379. The van der Waals surface area contributed by atoms with Gasteiger partial charge in [-0.05, 0) is 36.1 Å². The summed E-state index contributed by atoms with van der Waals surface area (Å²) in [5.41, 5.74) is 1.78. The summed E-state index contributed by atoms with van der Waals surface area (Å²) in [5, 5.41) is 11.9.